The average molecular weight is 294 g/mol. The summed E-state index contributed by atoms with van der Waals surface area (Å²) in [5.74, 6) is 0.156. The van der Waals surface area contributed by atoms with Crippen molar-refractivity contribution in [2.75, 3.05) is 52.4 Å². The highest BCUT2D eigenvalue weighted by Gasteiger charge is 2.23. The molecule has 0 aliphatic carbocycles. The maximum atomic E-state index is 12.2. The Balaban J connectivity index is 1.70. The summed E-state index contributed by atoms with van der Waals surface area (Å²) in [5, 5.41) is 3.40. The first-order valence-electron chi connectivity index (χ1n) is 7.75. The first-order chi connectivity index (χ1) is 10.1. The highest BCUT2D eigenvalue weighted by atomic mass is 16.2. The van der Waals surface area contributed by atoms with Crippen LogP contribution in [0.1, 0.15) is 13.3 Å². The van der Waals surface area contributed by atoms with Crippen molar-refractivity contribution in [3.63, 3.8) is 0 Å². The second-order valence-corrected chi connectivity index (χ2v) is 5.82. The summed E-state index contributed by atoms with van der Waals surface area (Å²) in [4.78, 5) is 29.7. The van der Waals surface area contributed by atoms with E-state index in [0.29, 0.717) is 38.6 Å². The molecular weight excluding hydrogens is 268 g/mol. The van der Waals surface area contributed by atoms with Gasteiger partial charge in [-0.15, -0.1) is 0 Å². The maximum Gasteiger partial charge on any atom is 0.246 e. The highest BCUT2D eigenvalue weighted by molar-refractivity contribution is 5.87. The smallest absolute Gasteiger partial charge is 0.246 e. The Morgan fingerprint density at radius 3 is 2.48 bits per heavy atom. The van der Waals surface area contributed by atoms with Gasteiger partial charge in [-0.25, -0.2) is 0 Å². The first-order valence-corrected chi connectivity index (χ1v) is 7.75. The molecule has 2 fully saturated rings. The molecular formula is C15H26N4O2. The summed E-state index contributed by atoms with van der Waals surface area (Å²) in [6.45, 7) is 12.0. The van der Waals surface area contributed by atoms with Crippen molar-refractivity contribution in [1.82, 2.24) is 20.0 Å². The Bertz CT molecular complexity index is 391. The minimum atomic E-state index is -0.0445. The fourth-order valence-corrected chi connectivity index (χ4v) is 2.93. The Labute approximate surface area is 126 Å². The SMILES string of the molecule is C=CC(=O)N1CCN(C(=O)CCN2CCNC(C)C2)CC1. The van der Waals surface area contributed by atoms with E-state index < -0.39 is 0 Å². The molecule has 0 saturated carbocycles. The number of carbonyl (C=O) groups is 2. The van der Waals surface area contributed by atoms with Crippen molar-refractivity contribution in [2.45, 2.75) is 19.4 Å². The van der Waals surface area contributed by atoms with Gasteiger partial charge in [0.05, 0.1) is 0 Å². The molecule has 0 bridgehead atoms. The first kappa shape index (κ1) is 16.0. The lowest BCUT2D eigenvalue weighted by molar-refractivity contribution is -0.137. The predicted octanol–water partition coefficient (Wildman–Crippen LogP) is -0.473. The lowest BCUT2D eigenvalue weighted by Crippen LogP contribution is -2.52. The van der Waals surface area contributed by atoms with Crippen molar-refractivity contribution in [2.24, 2.45) is 0 Å². The van der Waals surface area contributed by atoms with Gasteiger partial charge in [0.2, 0.25) is 11.8 Å². The van der Waals surface area contributed by atoms with E-state index in [1.54, 1.807) is 4.90 Å². The fraction of sp³-hybridized carbons (Fsp3) is 0.733. The Hall–Kier alpha value is -1.40. The van der Waals surface area contributed by atoms with E-state index in [0.717, 1.165) is 26.2 Å². The summed E-state index contributed by atoms with van der Waals surface area (Å²) < 4.78 is 0. The summed E-state index contributed by atoms with van der Waals surface area (Å²) in [6, 6.07) is 0.502. The van der Waals surface area contributed by atoms with Gasteiger partial charge in [-0.3, -0.25) is 9.59 Å². The van der Waals surface area contributed by atoms with Crippen LogP contribution >= 0.6 is 0 Å². The van der Waals surface area contributed by atoms with Gasteiger partial charge in [0, 0.05) is 64.8 Å². The lowest BCUT2D eigenvalue weighted by Gasteiger charge is -2.35. The molecule has 1 unspecified atom stereocenters. The van der Waals surface area contributed by atoms with E-state index in [9.17, 15) is 9.59 Å². The van der Waals surface area contributed by atoms with Crippen LogP contribution in [0.2, 0.25) is 0 Å². The van der Waals surface area contributed by atoms with Crippen LogP contribution in [0.15, 0.2) is 12.7 Å². The van der Waals surface area contributed by atoms with E-state index in [1.807, 2.05) is 4.90 Å². The van der Waals surface area contributed by atoms with Gasteiger partial charge in [0.1, 0.15) is 0 Å². The minimum absolute atomic E-state index is 0.0445. The molecule has 2 rings (SSSR count). The second kappa shape index (κ2) is 7.56. The maximum absolute atomic E-state index is 12.2. The van der Waals surface area contributed by atoms with E-state index in [4.69, 9.17) is 0 Å². The van der Waals surface area contributed by atoms with E-state index in [2.05, 4.69) is 23.7 Å². The molecule has 6 heteroatoms. The third-order valence-electron chi connectivity index (χ3n) is 4.21. The van der Waals surface area contributed by atoms with Crippen LogP contribution in [-0.4, -0.2) is 84.9 Å². The number of nitrogens with one attached hydrogen (secondary N) is 1. The third kappa shape index (κ3) is 4.54. The molecule has 21 heavy (non-hydrogen) atoms. The van der Waals surface area contributed by atoms with Crippen molar-refractivity contribution >= 4 is 11.8 Å². The van der Waals surface area contributed by atoms with Crippen molar-refractivity contribution in [3.05, 3.63) is 12.7 Å². The van der Waals surface area contributed by atoms with Gasteiger partial charge >= 0.3 is 0 Å². The number of hydrogen-bond acceptors (Lipinski definition) is 4. The summed E-state index contributed by atoms with van der Waals surface area (Å²) in [7, 11) is 0. The summed E-state index contributed by atoms with van der Waals surface area (Å²) in [6.07, 6.45) is 1.91. The molecule has 118 valence electrons. The van der Waals surface area contributed by atoms with Gasteiger partial charge in [-0.2, -0.15) is 0 Å². The van der Waals surface area contributed by atoms with Crippen LogP contribution < -0.4 is 5.32 Å². The van der Waals surface area contributed by atoms with Crippen molar-refractivity contribution in [3.8, 4) is 0 Å². The second-order valence-electron chi connectivity index (χ2n) is 5.82. The van der Waals surface area contributed by atoms with Crippen LogP contribution in [0.25, 0.3) is 0 Å². The molecule has 6 nitrogen and oxygen atoms in total. The highest BCUT2D eigenvalue weighted by Crippen LogP contribution is 2.06. The molecule has 0 aromatic rings. The van der Waals surface area contributed by atoms with Crippen molar-refractivity contribution < 1.29 is 9.59 Å². The van der Waals surface area contributed by atoms with Crippen LogP contribution in [0.5, 0.6) is 0 Å². The standard InChI is InChI=1S/C15H26N4O2/c1-3-14(20)18-8-10-19(11-9-18)15(21)4-6-17-7-5-16-13(2)12-17/h3,13,16H,1,4-12H2,2H3. The van der Waals surface area contributed by atoms with Gasteiger partial charge in [-0.05, 0) is 13.0 Å². The Morgan fingerprint density at radius 2 is 1.86 bits per heavy atom. The monoisotopic (exact) mass is 294 g/mol. The molecule has 2 aliphatic rings. The molecule has 0 aromatic carbocycles. The molecule has 0 spiro atoms. The number of rotatable bonds is 4. The van der Waals surface area contributed by atoms with Crippen molar-refractivity contribution in [1.29, 1.82) is 0 Å². The van der Waals surface area contributed by atoms with E-state index in [1.165, 1.54) is 6.08 Å². The molecule has 0 aromatic heterocycles. The quantitative estimate of drug-likeness (QED) is 0.712. The number of hydrogen-bond donors (Lipinski definition) is 1. The minimum Gasteiger partial charge on any atom is -0.339 e. The van der Waals surface area contributed by atoms with Gasteiger partial charge in [-0.1, -0.05) is 6.58 Å². The van der Waals surface area contributed by atoms with Gasteiger partial charge in [0.15, 0.2) is 0 Å². The molecule has 1 N–H and O–H groups in total. The summed E-state index contributed by atoms with van der Waals surface area (Å²) in [5.41, 5.74) is 0. The van der Waals surface area contributed by atoms with Crippen LogP contribution in [0.4, 0.5) is 0 Å². The average Bonchev–Trinajstić information content (AvgIpc) is 2.52. The van der Waals surface area contributed by atoms with Crippen LogP contribution in [0, 0.1) is 0 Å². The Morgan fingerprint density at radius 1 is 1.19 bits per heavy atom. The number of amides is 2. The molecule has 2 amide bonds. The zero-order valence-electron chi connectivity index (χ0n) is 12.9. The van der Waals surface area contributed by atoms with Crippen LogP contribution in [-0.2, 0) is 9.59 Å². The zero-order chi connectivity index (χ0) is 15.2. The van der Waals surface area contributed by atoms with Crippen LogP contribution in [0.3, 0.4) is 0 Å². The number of carbonyl (C=O) groups excluding carboxylic acids is 2. The predicted molar refractivity (Wildman–Crippen MR) is 81.9 cm³/mol. The molecule has 2 saturated heterocycles. The molecule has 2 aliphatic heterocycles. The van der Waals surface area contributed by atoms with E-state index in [-0.39, 0.29) is 11.8 Å². The third-order valence-corrected chi connectivity index (χ3v) is 4.21. The van der Waals surface area contributed by atoms with Gasteiger partial charge in [0.25, 0.3) is 0 Å². The number of nitrogens with zero attached hydrogens (tertiary/aromatic N) is 3. The molecule has 2 heterocycles. The topological polar surface area (TPSA) is 55.9 Å². The zero-order valence-corrected chi connectivity index (χ0v) is 12.9. The Kier molecular flexibility index (Phi) is 5.76. The van der Waals surface area contributed by atoms with E-state index >= 15 is 0 Å². The number of piperazine rings is 2. The van der Waals surface area contributed by atoms with Gasteiger partial charge < -0.3 is 20.0 Å². The fourth-order valence-electron chi connectivity index (χ4n) is 2.93. The lowest BCUT2D eigenvalue weighted by atomic mass is 10.2. The summed E-state index contributed by atoms with van der Waals surface area (Å²) >= 11 is 0. The largest absolute Gasteiger partial charge is 0.339 e. The normalized spacial score (nSPS) is 24.0. The molecule has 1 atom stereocenters. The molecule has 0 radical (unpaired) electrons.